The second-order valence-corrected chi connectivity index (χ2v) is 4.88. The Balaban J connectivity index is 2.31. The molecule has 0 unspecified atom stereocenters. The van der Waals surface area contributed by atoms with Crippen LogP contribution in [0.15, 0.2) is 23.6 Å². The Hall–Kier alpha value is -1.39. The Labute approximate surface area is 111 Å². The third-order valence-electron chi connectivity index (χ3n) is 2.78. The zero-order valence-electron chi connectivity index (χ0n) is 10.9. The van der Waals surface area contributed by atoms with Crippen LogP contribution in [-0.2, 0) is 17.8 Å². The van der Waals surface area contributed by atoms with Crippen molar-refractivity contribution in [2.24, 2.45) is 0 Å². The molecule has 96 valence electrons. The van der Waals surface area contributed by atoms with E-state index in [2.05, 4.69) is 23.4 Å². The zero-order chi connectivity index (χ0) is 13.0. The fraction of sp³-hybridized carbons (Fsp3) is 0.357. The Bertz CT molecular complexity index is 522. The number of ether oxygens (including phenoxy) is 2. The van der Waals surface area contributed by atoms with Gasteiger partial charge in [0.25, 0.3) is 0 Å². The molecule has 0 aliphatic carbocycles. The number of aryl methyl sites for hydroxylation is 1. The summed E-state index contributed by atoms with van der Waals surface area (Å²) in [6.45, 7) is 2.69. The van der Waals surface area contributed by atoms with Crippen molar-refractivity contribution in [2.45, 2.75) is 20.0 Å². The molecular formula is C14H17NO2S. The molecule has 0 amide bonds. The van der Waals surface area contributed by atoms with E-state index in [-0.39, 0.29) is 0 Å². The highest BCUT2D eigenvalue weighted by Gasteiger charge is 2.07. The monoisotopic (exact) mass is 263 g/mol. The Morgan fingerprint density at radius 1 is 1.28 bits per heavy atom. The van der Waals surface area contributed by atoms with Gasteiger partial charge >= 0.3 is 0 Å². The molecule has 0 bridgehead atoms. The average molecular weight is 263 g/mol. The Morgan fingerprint density at radius 3 is 2.78 bits per heavy atom. The Kier molecular flexibility index (Phi) is 4.33. The molecule has 0 radical (unpaired) electrons. The van der Waals surface area contributed by atoms with Gasteiger partial charge < -0.3 is 9.47 Å². The minimum absolute atomic E-state index is 0.571. The van der Waals surface area contributed by atoms with Gasteiger partial charge in [0.1, 0.15) is 10.8 Å². The van der Waals surface area contributed by atoms with Gasteiger partial charge in [-0.3, -0.25) is 0 Å². The van der Waals surface area contributed by atoms with Crippen LogP contribution < -0.4 is 4.74 Å². The quantitative estimate of drug-likeness (QED) is 0.827. The van der Waals surface area contributed by atoms with Gasteiger partial charge in [0.05, 0.1) is 19.4 Å². The molecule has 18 heavy (non-hydrogen) atoms. The van der Waals surface area contributed by atoms with Crippen LogP contribution in [-0.4, -0.2) is 19.2 Å². The third-order valence-corrected chi connectivity index (χ3v) is 3.60. The summed E-state index contributed by atoms with van der Waals surface area (Å²) in [5.41, 5.74) is 3.34. The highest BCUT2D eigenvalue weighted by atomic mass is 32.1. The summed E-state index contributed by atoms with van der Waals surface area (Å²) < 4.78 is 10.4. The van der Waals surface area contributed by atoms with Crippen LogP contribution in [0, 0.1) is 0 Å². The van der Waals surface area contributed by atoms with E-state index in [1.807, 2.05) is 12.1 Å². The standard InChI is InChI=1S/C14H17NO2S/c1-4-10-7-11(5-6-13(10)17-3)12-9-18-14(15-12)8-16-2/h5-7,9H,4,8H2,1-3H3. The van der Waals surface area contributed by atoms with Gasteiger partial charge in [0, 0.05) is 18.1 Å². The van der Waals surface area contributed by atoms with Gasteiger partial charge in [-0.25, -0.2) is 4.98 Å². The predicted octanol–water partition coefficient (Wildman–Crippen LogP) is 3.53. The van der Waals surface area contributed by atoms with Gasteiger partial charge in [-0.05, 0) is 30.2 Å². The minimum Gasteiger partial charge on any atom is -0.496 e. The number of benzene rings is 1. The molecular weight excluding hydrogens is 246 g/mol. The van der Waals surface area contributed by atoms with Crippen LogP contribution in [0.4, 0.5) is 0 Å². The van der Waals surface area contributed by atoms with E-state index in [9.17, 15) is 0 Å². The van der Waals surface area contributed by atoms with Crippen molar-refractivity contribution in [3.05, 3.63) is 34.2 Å². The SMILES string of the molecule is CCc1cc(-c2csc(COC)n2)ccc1OC. The normalized spacial score (nSPS) is 10.6. The van der Waals surface area contributed by atoms with E-state index < -0.39 is 0 Å². The second kappa shape index (κ2) is 5.98. The maximum absolute atomic E-state index is 5.33. The molecule has 2 rings (SSSR count). The smallest absolute Gasteiger partial charge is 0.122 e. The van der Waals surface area contributed by atoms with Crippen LogP contribution >= 0.6 is 11.3 Å². The van der Waals surface area contributed by atoms with Crippen molar-refractivity contribution in [2.75, 3.05) is 14.2 Å². The lowest BCUT2D eigenvalue weighted by molar-refractivity contribution is 0.184. The van der Waals surface area contributed by atoms with E-state index >= 15 is 0 Å². The molecule has 1 heterocycles. The molecule has 0 aliphatic heterocycles. The number of nitrogens with zero attached hydrogens (tertiary/aromatic N) is 1. The summed E-state index contributed by atoms with van der Waals surface area (Å²) in [5.74, 6) is 0.939. The van der Waals surface area contributed by atoms with Crippen molar-refractivity contribution >= 4 is 11.3 Å². The molecule has 0 spiro atoms. The highest BCUT2D eigenvalue weighted by Crippen LogP contribution is 2.28. The van der Waals surface area contributed by atoms with E-state index in [1.165, 1.54) is 5.56 Å². The molecule has 0 N–H and O–H groups in total. The average Bonchev–Trinajstić information content (AvgIpc) is 2.87. The molecule has 0 saturated carbocycles. The number of hydrogen-bond donors (Lipinski definition) is 0. The molecule has 0 fully saturated rings. The van der Waals surface area contributed by atoms with Gasteiger partial charge in [-0.1, -0.05) is 6.92 Å². The second-order valence-electron chi connectivity index (χ2n) is 3.94. The lowest BCUT2D eigenvalue weighted by Gasteiger charge is -2.07. The van der Waals surface area contributed by atoms with Crippen molar-refractivity contribution in [1.29, 1.82) is 0 Å². The summed E-state index contributed by atoms with van der Waals surface area (Å²) in [7, 11) is 3.39. The first-order chi connectivity index (χ1) is 8.78. The summed E-state index contributed by atoms with van der Waals surface area (Å²) in [6.07, 6.45) is 0.950. The minimum atomic E-state index is 0.571. The maximum atomic E-state index is 5.33. The number of methoxy groups -OCH3 is 2. The van der Waals surface area contributed by atoms with Crippen molar-refractivity contribution < 1.29 is 9.47 Å². The maximum Gasteiger partial charge on any atom is 0.122 e. The van der Waals surface area contributed by atoms with Gasteiger partial charge in [0.15, 0.2) is 0 Å². The van der Waals surface area contributed by atoms with E-state index in [1.54, 1.807) is 25.6 Å². The fourth-order valence-corrected chi connectivity index (χ4v) is 2.62. The molecule has 3 nitrogen and oxygen atoms in total. The molecule has 0 atom stereocenters. The number of aromatic nitrogens is 1. The topological polar surface area (TPSA) is 31.4 Å². The summed E-state index contributed by atoms with van der Waals surface area (Å²) in [4.78, 5) is 4.55. The van der Waals surface area contributed by atoms with Crippen molar-refractivity contribution in [1.82, 2.24) is 4.98 Å². The summed E-state index contributed by atoms with van der Waals surface area (Å²) in [5, 5.41) is 3.07. The summed E-state index contributed by atoms with van der Waals surface area (Å²) in [6, 6.07) is 6.19. The van der Waals surface area contributed by atoms with E-state index in [0.717, 1.165) is 28.4 Å². The first kappa shape index (κ1) is 13.1. The zero-order valence-corrected chi connectivity index (χ0v) is 11.7. The lowest BCUT2D eigenvalue weighted by Crippen LogP contribution is -1.91. The molecule has 0 aliphatic rings. The molecule has 0 saturated heterocycles. The molecule has 1 aromatic carbocycles. The van der Waals surface area contributed by atoms with Crippen LogP contribution in [0.3, 0.4) is 0 Å². The van der Waals surface area contributed by atoms with E-state index in [0.29, 0.717) is 6.61 Å². The van der Waals surface area contributed by atoms with Gasteiger partial charge in [-0.2, -0.15) is 0 Å². The highest BCUT2D eigenvalue weighted by molar-refractivity contribution is 7.09. The van der Waals surface area contributed by atoms with Crippen LogP contribution in [0.25, 0.3) is 11.3 Å². The summed E-state index contributed by atoms with van der Waals surface area (Å²) >= 11 is 1.63. The third kappa shape index (κ3) is 2.71. The fourth-order valence-electron chi connectivity index (χ4n) is 1.85. The van der Waals surface area contributed by atoms with E-state index in [4.69, 9.17) is 9.47 Å². The first-order valence-corrected chi connectivity index (χ1v) is 6.77. The number of thiazole rings is 1. The first-order valence-electron chi connectivity index (χ1n) is 5.89. The van der Waals surface area contributed by atoms with Crippen LogP contribution in [0.5, 0.6) is 5.75 Å². The molecule has 2 aromatic rings. The lowest BCUT2D eigenvalue weighted by atomic mass is 10.1. The largest absolute Gasteiger partial charge is 0.496 e. The molecule has 1 aromatic heterocycles. The number of hydrogen-bond acceptors (Lipinski definition) is 4. The predicted molar refractivity (Wildman–Crippen MR) is 74.2 cm³/mol. The van der Waals surface area contributed by atoms with Gasteiger partial charge in [-0.15, -0.1) is 11.3 Å². The number of rotatable bonds is 5. The van der Waals surface area contributed by atoms with Crippen LogP contribution in [0.1, 0.15) is 17.5 Å². The Morgan fingerprint density at radius 2 is 2.11 bits per heavy atom. The van der Waals surface area contributed by atoms with Crippen LogP contribution in [0.2, 0.25) is 0 Å². The van der Waals surface area contributed by atoms with Crippen molar-refractivity contribution in [3.63, 3.8) is 0 Å². The molecule has 4 heteroatoms. The van der Waals surface area contributed by atoms with Gasteiger partial charge in [0.2, 0.25) is 0 Å². The van der Waals surface area contributed by atoms with Crippen molar-refractivity contribution in [3.8, 4) is 17.0 Å².